The van der Waals surface area contributed by atoms with Gasteiger partial charge in [0.25, 0.3) is 0 Å². The summed E-state index contributed by atoms with van der Waals surface area (Å²) in [7, 11) is 0. The Kier molecular flexibility index (Phi) is 4.39. The lowest BCUT2D eigenvalue weighted by molar-refractivity contribution is 0.153. The number of aryl methyl sites for hydroxylation is 2. The van der Waals surface area contributed by atoms with E-state index in [0.29, 0.717) is 24.4 Å². The molecular weight excluding hydrogens is 266 g/mol. The van der Waals surface area contributed by atoms with E-state index in [4.69, 9.17) is 8.83 Å². The summed E-state index contributed by atoms with van der Waals surface area (Å²) < 4.78 is 11.5. The number of hydrogen-bond donors (Lipinski definition) is 0. The lowest BCUT2D eigenvalue weighted by atomic mass is 10.1. The maximum absolute atomic E-state index is 5.99. The van der Waals surface area contributed by atoms with E-state index in [9.17, 15) is 0 Å². The van der Waals surface area contributed by atoms with Crippen molar-refractivity contribution in [3.8, 4) is 0 Å². The van der Waals surface area contributed by atoms with Crippen LogP contribution in [0.1, 0.15) is 62.0 Å². The molecule has 0 N–H and O–H groups in total. The standard InChI is InChI=1S/C16H23N3O2/c1-3-13-8-9-15(21-13)14-7-5-4-6-10-19(14)11-16-18-17-12(2)20-16/h8-9,14H,3-7,10-11H2,1-2H3/t14-/m0/s1. The Morgan fingerprint density at radius 3 is 2.81 bits per heavy atom. The van der Waals surface area contributed by atoms with Crippen LogP contribution in [-0.4, -0.2) is 21.6 Å². The Labute approximate surface area is 125 Å². The van der Waals surface area contributed by atoms with Gasteiger partial charge in [-0.15, -0.1) is 10.2 Å². The average molecular weight is 289 g/mol. The van der Waals surface area contributed by atoms with E-state index in [1.807, 2.05) is 6.92 Å². The van der Waals surface area contributed by atoms with Gasteiger partial charge in [-0.1, -0.05) is 19.8 Å². The molecule has 21 heavy (non-hydrogen) atoms. The molecule has 0 radical (unpaired) electrons. The first-order valence-corrected chi connectivity index (χ1v) is 7.88. The average Bonchev–Trinajstić information content (AvgIpc) is 3.05. The minimum atomic E-state index is 0.319. The van der Waals surface area contributed by atoms with E-state index in [1.165, 1.54) is 19.3 Å². The molecule has 0 bridgehead atoms. The molecule has 5 nitrogen and oxygen atoms in total. The molecule has 5 heteroatoms. The van der Waals surface area contributed by atoms with Crippen molar-refractivity contribution < 1.29 is 8.83 Å². The van der Waals surface area contributed by atoms with Gasteiger partial charge in [0, 0.05) is 13.3 Å². The Morgan fingerprint density at radius 1 is 1.19 bits per heavy atom. The van der Waals surface area contributed by atoms with Gasteiger partial charge in [0.15, 0.2) is 0 Å². The largest absolute Gasteiger partial charge is 0.464 e. The van der Waals surface area contributed by atoms with E-state index in [2.05, 4.69) is 34.2 Å². The van der Waals surface area contributed by atoms with Crippen molar-refractivity contribution in [1.82, 2.24) is 15.1 Å². The molecule has 1 atom stereocenters. The predicted molar refractivity (Wildman–Crippen MR) is 78.7 cm³/mol. The van der Waals surface area contributed by atoms with Crippen LogP contribution in [0.2, 0.25) is 0 Å². The second-order valence-electron chi connectivity index (χ2n) is 5.71. The van der Waals surface area contributed by atoms with E-state index in [-0.39, 0.29) is 0 Å². The highest BCUT2D eigenvalue weighted by Crippen LogP contribution is 2.32. The number of rotatable bonds is 4. The monoisotopic (exact) mass is 289 g/mol. The second kappa shape index (κ2) is 6.43. The van der Waals surface area contributed by atoms with Gasteiger partial charge in [0.1, 0.15) is 11.5 Å². The highest BCUT2D eigenvalue weighted by molar-refractivity contribution is 5.11. The van der Waals surface area contributed by atoms with E-state index in [0.717, 1.165) is 30.9 Å². The van der Waals surface area contributed by atoms with Crippen molar-refractivity contribution in [2.75, 3.05) is 6.54 Å². The lowest BCUT2D eigenvalue weighted by Gasteiger charge is -2.26. The maximum Gasteiger partial charge on any atom is 0.230 e. The molecule has 114 valence electrons. The smallest absolute Gasteiger partial charge is 0.230 e. The van der Waals surface area contributed by atoms with Crippen LogP contribution < -0.4 is 0 Å². The zero-order valence-electron chi connectivity index (χ0n) is 12.8. The molecule has 0 spiro atoms. The summed E-state index contributed by atoms with van der Waals surface area (Å²) in [5.74, 6) is 3.46. The van der Waals surface area contributed by atoms with Crippen LogP contribution in [-0.2, 0) is 13.0 Å². The zero-order valence-corrected chi connectivity index (χ0v) is 12.8. The highest BCUT2D eigenvalue weighted by Gasteiger charge is 2.26. The third-order valence-corrected chi connectivity index (χ3v) is 4.13. The Bertz CT molecular complexity index is 576. The van der Waals surface area contributed by atoms with Crippen molar-refractivity contribution in [2.45, 2.75) is 58.5 Å². The molecule has 3 heterocycles. The van der Waals surface area contributed by atoms with Crippen LogP contribution in [0, 0.1) is 6.92 Å². The number of aromatic nitrogens is 2. The summed E-state index contributed by atoms with van der Waals surface area (Å²) in [4.78, 5) is 2.41. The SMILES string of the molecule is CCc1ccc([C@@H]2CCCCCN2Cc2nnc(C)o2)o1. The molecule has 2 aromatic heterocycles. The molecule has 1 saturated heterocycles. The van der Waals surface area contributed by atoms with Crippen LogP contribution in [0.4, 0.5) is 0 Å². The fourth-order valence-corrected chi connectivity index (χ4v) is 3.02. The van der Waals surface area contributed by atoms with E-state index >= 15 is 0 Å². The first-order chi connectivity index (χ1) is 10.3. The van der Waals surface area contributed by atoms with E-state index < -0.39 is 0 Å². The number of nitrogens with zero attached hydrogens (tertiary/aromatic N) is 3. The third-order valence-electron chi connectivity index (χ3n) is 4.13. The van der Waals surface area contributed by atoms with Crippen molar-refractivity contribution >= 4 is 0 Å². The Balaban J connectivity index is 1.79. The number of furan rings is 1. The van der Waals surface area contributed by atoms with Crippen molar-refractivity contribution in [3.05, 3.63) is 35.4 Å². The number of hydrogen-bond acceptors (Lipinski definition) is 5. The molecule has 0 saturated carbocycles. The van der Waals surface area contributed by atoms with Crippen LogP contribution in [0.3, 0.4) is 0 Å². The van der Waals surface area contributed by atoms with E-state index in [1.54, 1.807) is 0 Å². The van der Waals surface area contributed by atoms with Gasteiger partial charge in [0.2, 0.25) is 11.8 Å². The summed E-state index contributed by atoms with van der Waals surface area (Å²) >= 11 is 0. The van der Waals surface area contributed by atoms with Crippen molar-refractivity contribution in [1.29, 1.82) is 0 Å². The third kappa shape index (κ3) is 3.35. The molecule has 0 aliphatic carbocycles. The molecule has 2 aromatic rings. The molecule has 3 rings (SSSR count). The van der Waals surface area contributed by atoms with Gasteiger partial charge in [-0.25, -0.2) is 0 Å². The van der Waals surface area contributed by atoms with Crippen LogP contribution >= 0.6 is 0 Å². The molecule has 0 unspecified atom stereocenters. The summed E-state index contributed by atoms with van der Waals surface area (Å²) in [6, 6.07) is 4.54. The Morgan fingerprint density at radius 2 is 2.10 bits per heavy atom. The summed E-state index contributed by atoms with van der Waals surface area (Å²) in [6.07, 6.45) is 5.80. The quantitative estimate of drug-likeness (QED) is 0.860. The lowest BCUT2D eigenvalue weighted by Crippen LogP contribution is -2.28. The summed E-state index contributed by atoms with van der Waals surface area (Å²) in [6.45, 7) is 5.70. The summed E-state index contributed by atoms with van der Waals surface area (Å²) in [5, 5.41) is 8.05. The van der Waals surface area contributed by atoms with Gasteiger partial charge in [0.05, 0.1) is 12.6 Å². The van der Waals surface area contributed by atoms with Crippen molar-refractivity contribution in [3.63, 3.8) is 0 Å². The second-order valence-corrected chi connectivity index (χ2v) is 5.71. The highest BCUT2D eigenvalue weighted by atomic mass is 16.4. The first kappa shape index (κ1) is 14.3. The van der Waals surface area contributed by atoms with Gasteiger partial charge < -0.3 is 8.83 Å². The normalized spacial score (nSPS) is 20.6. The maximum atomic E-state index is 5.99. The Hall–Kier alpha value is -1.62. The molecule has 1 aliphatic rings. The van der Waals surface area contributed by atoms with Gasteiger partial charge >= 0.3 is 0 Å². The fraction of sp³-hybridized carbons (Fsp3) is 0.625. The minimum Gasteiger partial charge on any atom is -0.464 e. The molecule has 1 aliphatic heterocycles. The topological polar surface area (TPSA) is 55.3 Å². The number of likely N-dealkylation sites (tertiary alicyclic amines) is 1. The van der Waals surface area contributed by atoms with Gasteiger partial charge in [-0.3, -0.25) is 4.90 Å². The molecular formula is C16H23N3O2. The first-order valence-electron chi connectivity index (χ1n) is 7.88. The zero-order chi connectivity index (χ0) is 14.7. The fourth-order valence-electron chi connectivity index (χ4n) is 3.02. The summed E-state index contributed by atoms with van der Waals surface area (Å²) in [5.41, 5.74) is 0. The molecule has 0 aromatic carbocycles. The van der Waals surface area contributed by atoms with Gasteiger partial charge in [-0.2, -0.15) is 0 Å². The molecule has 1 fully saturated rings. The molecule has 0 amide bonds. The van der Waals surface area contributed by atoms with Crippen molar-refractivity contribution in [2.24, 2.45) is 0 Å². The minimum absolute atomic E-state index is 0.319. The van der Waals surface area contributed by atoms with Gasteiger partial charge in [-0.05, 0) is 31.5 Å². The van der Waals surface area contributed by atoms with Crippen LogP contribution in [0.15, 0.2) is 21.0 Å². The van der Waals surface area contributed by atoms with Crippen LogP contribution in [0.5, 0.6) is 0 Å². The van der Waals surface area contributed by atoms with Crippen LogP contribution in [0.25, 0.3) is 0 Å². The predicted octanol–water partition coefficient (Wildman–Crippen LogP) is 3.65.